The van der Waals surface area contributed by atoms with Crippen LogP contribution in [-0.2, 0) is 9.47 Å². The summed E-state index contributed by atoms with van der Waals surface area (Å²) in [7, 11) is 0. The van der Waals surface area contributed by atoms with Gasteiger partial charge in [0, 0.05) is 19.0 Å². The number of hydrogen-bond donors (Lipinski definition) is 0. The number of piperidine rings is 1. The van der Waals surface area contributed by atoms with Crippen LogP contribution in [0.2, 0.25) is 0 Å². The smallest absolute Gasteiger partial charge is 0.158 e. The van der Waals surface area contributed by atoms with Gasteiger partial charge in [0.25, 0.3) is 0 Å². The van der Waals surface area contributed by atoms with E-state index in [1.165, 1.54) is 51.6 Å². The van der Waals surface area contributed by atoms with Crippen LogP contribution in [0.25, 0.3) is 0 Å². The van der Waals surface area contributed by atoms with Crippen LogP contribution in [0.5, 0.6) is 0 Å². The molecule has 0 aromatic heterocycles. The van der Waals surface area contributed by atoms with E-state index in [1.54, 1.807) is 0 Å². The average molecular weight is 253 g/mol. The van der Waals surface area contributed by atoms with E-state index in [9.17, 15) is 0 Å². The van der Waals surface area contributed by atoms with Crippen LogP contribution in [0, 0.1) is 5.92 Å². The van der Waals surface area contributed by atoms with Crippen LogP contribution in [0.4, 0.5) is 0 Å². The van der Waals surface area contributed by atoms with Crippen LogP contribution >= 0.6 is 0 Å². The highest BCUT2D eigenvalue weighted by Gasteiger charge is 2.33. The number of fused-ring (bicyclic) bond motifs is 1. The van der Waals surface area contributed by atoms with Crippen LogP contribution in [-0.4, -0.2) is 43.5 Å². The molecule has 2 aliphatic heterocycles. The van der Waals surface area contributed by atoms with Crippen molar-refractivity contribution in [2.45, 2.75) is 63.7 Å². The third-order valence-corrected chi connectivity index (χ3v) is 4.91. The Kier molecular flexibility index (Phi) is 4.55. The molecule has 1 saturated carbocycles. The van der Waals surface area contributed by atoms with E-state index in [1.807, 2.05) is 0 Å². The Bertz CT molecular complexity index is 251. The van der Waals surface area contributed by atoms with Gasteiger partial charge in [-0.2, -0.15) is 0 Å². The standard InChI is InChI=1S/C15H27NO2/c1-2-7-14-13(5-1)6-3-9-16(14)10-8-15-17-11-4-12-18-15/h13-15H,1-12H2. The fraction of sp³-hybridized carbons (Fsp3) is 1.00. The molecule has 2 saturated heterocycles. The molecule has 0 spiro atoms. The van der Waals surface area contributed by atoms with Crippen LogP contribution in [0.3, 0.4) is 0 Å². The molecule has 0 radical (unpaired) electrons. The van der Waals surface area contributed by atoms with Gasteiger partial charge in [0.05, 0.1) is 13.2 Å². The Balaban J connectivity index is 1.48. The first-order valence-corrected chi connectivity index (χ1v) is 7.91. The Labute approximate surface area is 111 Å². The van der Waals surface area contributed by atoms with E-state index in [0.29, 0.717) is 0 Å². The summed E-state index contributed by atoms with van der Waals surface area (Å²) in [4.78, 5) is 2.73. The molecular formula is C15H27NO2. The normalized spacial score (nSPS) is 35.3. The second-order valence-electron chi connectivity index (χ2n) is 6.10. The largest absolute Gasteiger partial charge is 0.353 e. The molecular weight excluding hydrogens is 226 g/mol. The van der Waals surface area contributed by atoms with Crippen molar-refractivity contribution in [3.8, 4) is 0 Å². The van der Waals surface area contributed by atoms with Gasteiger partial charge in [-0.05, 0) is 44.6 Å². The third-order valence-electron chi connectivity index (χ3n) is 4.91. The van der Waals surface area contributed by atoms with E-state index in [-0.39, 0.29) is 6.29 Å². The zero-order chi connectivity index (χ0) is 12.2. The molecule has 3 aliphatic rings. The Morgan fingerprint density at radius 3 is 2.56 bits per heavy atom. The van der Waals surface area contributed by atoms with E-state index in [4.69, 9.17) is 9.47 Å². The van der Waals surface area contributed by atoms with Crippen molar-refractivity contribution in [2.75, 3.05) is 26.3 Å². The zero-order valence-electron chi connectivity index (χ0n) is 11.5. The summed E-state index contributed by atoms with van der Waals surface area (Å²) < 4.78 is 11.3. The highest BCUT2D eigenvalue weighted by atomic mass is 16.7. The van der Waals surface area contributed by atoms with E-state index in [0.717, 1.165) is 38.0 Å². The zero-order valence-corrected chi connectivity index (χ0v) is 11.5. The summed E-state index contributed by atoms with van der Waals surface area (Å²) >= 11 is 0. The SMILES string of the molecule is C1COC(CCN2CCCC3CCCCC32)OC1. The van der Waals surface area contributed by atoms with Crippen molar-refractivity contribution in [1.29, 1.82) is 0 Å². The molecule has 3 nitrogen and oxygen atoms in total. The topological polar surface area (TPSA) is 21.7 Å². The van der Waals surface area contributed by atoms with Gasteiger partial charge < -0.3 is 9.47 Å². The Morgan fingerprint density at radius 1 is 0.889 bits per heavy atom. The monoisotopic (exact) mass is 253 g/mol. The fourth-order valence-electron chi connectivity index (χ4n) is 3.98. The third kappa shape index (κ3) is 3.06. The van der Waals surface area contributed by atoms with Crippen molar-refractivity contribution in [3.63, 3.8) is 0 Å². The minimum absolute atomic E-state index is 0.0720. The first-order valence-electron chi connectivity index (χ1n) is 7.91. The molecule has 2 unspecified atom stereocenters. The molecule has 0 aromatic rings. The molecule has 3 rings (SSSR count). The van der Waals surface area contributed by atoms with E-state index in [2.05, 4.69) is 4.90 Å². The quantitative estimate of drug-likeness (QED) is 0.772. The fourth-order valence-corrected chi connectivity index (χ4v) is 3.98. The molecule has 1 aliphatic carbocycles. The van der Waals surface area contributed by atoms with Crippen molar-refractivity contribution in [1.82, 2.24) is 4.90 Å². The Hall–Kier alpha value is -0.120. The van der Waals surface area contributed by atoms with Crippen molar-refractivity contribution < 1.29 is 9.47 Å². The number of rotatable bonds is 3. The van der Waals surface area contributed by atoms with E-state index >= 15 is 0 Å². The van der Waals surface area contributed by atoms with Crippen molar-refractivity contribution in [3.05, 3.63) is 0 Å². The predicted octanol–water partition coefficient (Wildman–Crippen LogP) is 2.79. The first kappa shape index (κ1) is 12.9. The minimum Gasteiger partial charge on any atom is -0.353 e. The number of likely N-dealkylation sites (tertiary alicyclic amines) is 1. The lowest BCUT2D eigenvalue weighted by Gasteiger charge is -2.44. The number of ether oxygens (including phenoxy) is 2. The summed E-state index contributed by atoms with van der Waals surface area (Å²) in [6, 6.07) is 0.871. The second-order valence-corrected chi connectivity index (χ2v) is 6.10. The van der Waals surface area contributed by atoms with Crippen LogP contribution in [0.1, 0.15) is 51.4 Å². The summed E-state index contributed by atoms with van der Waals surface area (Å²) in [6.07, 6.45) is 10.9. The van der Waals surface area contributed by atoms with Crippen LogP contribution in [0.15, 0.2) is 0 Å². The van der Waals surface area contributed by atoms with Gasteiger partial charge in [0.2, 0.25) is 0 Å². The van der Waals surface area contributed by atoms with E-state index < -0.39 is 0 Å². The average Bonchev–Trinajstić information content (AvgIpc) is 2.46. The van der Waals surface area contributed by atoms with Gasteiger partial charge in [-0.15, -0.1) is 0 Å². The molecule has 2 heterocycles. The molecule has 0 bridgehead atoms. The minimum atomic E-state index is 0.0720. The van der Waals surface area contributed by atoms with Crippen molar-refractivity contribution >= 4 is 0 Å². The predicted molar refractivity (Wildman–Crippen MR) is 71.5 cm³/mol. The van der Waals surface area contributed by atoms with Gasteiger partial charge >= 0.3 is 0 Å². The van der Waals surface area contributed by atoms with Crippen molar-refractivity contribution in [2.24, 2.45) is 5.92 Å². The van der Waals surface area contributed by atoms with Gasteiger partial charge in [-0.25, -0.2) is 0 Å². The lowest BCUT2D eigenvalue weighted by atomic mass is 9.78. The maximum atomic E-state index is 5.66. The molecule has 104 valence electrons. The maximum Gasteiger partial charge on any atom is 0.158 e. The molecule has 18 heavy (non-hydrogen) atoms. The molecule has 0 aromatic carbocycles. The van der Waals surface area contributed by atoms with Gasteiger partial charge in [-0.3, -0.25) is 4.90 Å². The number of hydrogen-bond acceptors (Lipinski definition) is 3. The number of nitrogens with zero attached hydrogens (tertiary/aromatic N) is 1. The van der Waals surface area contributed by atoms with Gasteiger partial charge in [0.1, 0.15) is 0 Å². The highest BCUT2D eigenvalue weighted by Crippen LogP contribution is 2.35. The molecule has 2 atom stereocenters. The van der Waals surface area contributed by atoms with Gasteiger partial charge in [-0.1, -0.05) is 12.8 Å². The van der Waals surface area contributed by atoms with Crippen LogP contribution < -0.4 is 0 Å². The lowest BCUT2D eigenvalue weighted by Crippen LogP contribution is -2.47. The maximum absolute atomic E-state index is 5.66. The summed E-state index contributed by atoms with van der Waals surface area (Å²) in [6.45, 7) is 4.24. The molecule has 0 N–H and O–H groups in total. The second kappa shape index (κ2) is 6.36. The molecule has 3 heteroatoms. The first-order chi connectivity index (χ1) is 8.93. The lowest BCUT2D eigenvalue weighted by molar-refractivity contribution is -0.184. The molecule has 0 amide bonds. The molecule has 3 fully saturated rings. The summed E-state index contributed by atoms with van der Waals surface area (Å²) in [5, 5.41) is 0. The summed E-state index contributed by atoms with van der Waals surface area (Å²) in [5.74, 6) is 0.987. The highest BCUT2D eigenvalue weighted by molar-refractivity contribution is 4.87. The summed E-state index contributed by atoms with van der Waals surface area (Å²) in [5.41, 5.74) is 0. The van der Waals surface area contributed by atoms with Gasteiger partial charge in [0.15, 0.2) is 6.29 Å². The Morgan fingerprint density at radius 2 is 1.67 bits per heavy atom.